The molecule has 0 aromatic heterocycles. The van der Waals surface area contributed by atoms with E-state index < -0.39 is 9.84 Å². The van der Waals surface area contributed by atoms with Gasteiger partial charge in [-0.05, 0) is 51.9 Å². The Labute approximate surface area is 156 Å². The summed E-state index contributed by atoms with van der Waals surface area (Å²) in [5.74, 6) is -0.376. The van der Waals surface area contributed by atoms with Gasteiger partial charge in [0.15, 0.2) is 9.84 Å². The lowest BCUT2D eigenvalue weighted by molar-refractivity contribution is -0.136. The fraction of sp³-hybridized carbons (Fsp3) is 0.789. The number of rotatable bonds is 7. The minimum atomic E-state index is -3.02. The molecule has 0 radical (unpaired) electrons. The first-order valence-corrected chi connectivity index (χ1v) is 11.7. The van der Waals surface area contributed by atoms with Crippen LogP contribution in [0.1, 0.15) is 51.9 Å². The number of allylic oxidation sites excluding steroid dienone is 1. The zero-order chi connectivity index (χ0) is 18.7. The Morgan fingerprint density at radius 3 is 2.69 bits per heavy atom. The Morgan fingerprint density at radius 2 is 2.08 bits per heavy atom. The summed E-state index contributed by atoms with van der Waals surface area (Å²) in [5.41, 5.74) is 1.43. The van der Waals surface area contributed by atoms with E-state index in [9.17, 15) is 18.0 Å². The molecule has 3 rings (SSSR count). The number of amides is 2. The lowest BCUT2D eigenvalue weighted by atomic mass is 9.97. The molecule has 2 aliphatic carbocycles. The van der Waals surface area contributed by atoms with Gasteiger partial charge in [-0.25, -0.2) is 8.42 Å². The summed E-state index contributed by atoms with van der Waals surface area (Å²) in [6.07, 6.45) is 9.07. The summed E-state index contributed by atoms with van der Waals surface area (Å²) in [7, 11) is -3.02. The molecule has 26 heavy (non-hydrogen) atoms. The van der Waals surface area contributed by atoms with Gasteiger partial charge < -0.3 is 10.2 Å². The molecule has 3 aliphatic rings. The third-order valence-electron chi connectivity index (χ3n) is 5.85. The molecule has 6 nitrogen and oxygen atoms in total. The number of sulfone groups is 1. The Morgan fingerprint density at radius 1 is 1.27 bits per heavy atom. The zero-order valence-electron chi connectivity index (χ0n) is 15.6. The van der Waals surface area contributed by atoms with E-state index >= 15 is 0 Å². The maximum Gasteiger partial charge on any atom is 0.226 e. The summed E-state index contributed by atoms with van der Waals surface area (Å²) < 4.78 is 23.4. The minimum absolute atomic E-state index is 0.0325. The van der Waals surface area contributed by atoms with Crippen molar-refractivity contribution in [3.05, 3.63) is 11.6 Å². The van der Waals surface area contributed by atoms with E-state index in [1.54, 1.807) is 4.90 Å². The van der Waals surface area contributed by atoms with Crippen molar-refractivity contribution >= 4 is 21.7 Å². The Kier molecular flexibility index (Phi) is 6.05. The zero-order valence-corrected chi connectivity index (χ0v) is 16.4. The van der Waals surface area contributed by atoms with E-state index in [0.717, 1.165) is 19.3 Å². The van der Waals surface area contributed by atoms with Crippen molar-refractivity contribution in [2.45, 2.75) is 57.9 Å². The molecule has 1 N–H and O–H groups in total. The maximum absolute atomic E-state index is 12.7. The highest BCUT2D eigenvalue weighted by atomic mass is 32.2. The normalized spacial score (nSPS) is 29.7. The molecule has 2 fully saturated rings. The molecular weight excluding hydrogens is 352 g/mol. The van der Waals surface area contributed by atoms with E-state index in [1.165, 1.54) is 18.4 Å². The number of hydrogen-bond donors (Lipinski definition) is 1. The standard InChI is InChI=1S/C19H30N2O4S/c1-2-21(15-9-11-26(24,25)13-15)19(23)17-12-16(17)18(22)20-10-8-14-6-4-3-5-7-14/h6,15-17H,2-5,7-13H2,1H3,(H,20,22). The molecule has 0 aromatic rings. The van der Waals surface area contributed by atoms with Gasteiger partial charge in [0, 0.05) is 19.1 Å². The average molecular weight is 383 g/mol. The Bertz CT molecular complexity index is 686. The van der Waals surface area contributed by atoms with Crippen molar-refractivity contribution in [2.75, 3.05) is 24.6 Å². The summed E-state index contributed by atoms with van der Waals surface area (Å²) >= 11 is 0. The average Bonchev–Trinajstić information content (AvgIpc) is 3.34. The van der Waals surface area contributed by atoms with Gasteiger partial charge in [0.05, 0.1) is 23.3 Å². The van der Waals surface area contributed by atoms with Gasteiger partial charge >= 0.3 is 0 Å². The van der Waals surface area contributed by atoms with Crippen LogP contribution in [0.25, 0.3) is 0 Å². The number of carbonyl (C=O) groups is 2. The summed E-state index contributed by atoms with van der Waals surface area (Å²) in [4.78, 5) is 26.7. The van der Waals surface area contributed by atoms with Gasteiger partial charge in [0.2, 0.25) is 11.8 Å². The number of nitrogens with one attached hydrogen (secondary N) is 1. The van der Waals surface area contributed by atoms with Crippen LogP contribution in [0.2, 0.25) is 0 Å². The number of nitrogens with zero attached hydrogens (tertiary/aromatic N) is 1. The molecule has 1 saturated heterocycles. The van der Waals surface area contributed by atoms with Crippen molar-refractivity contribution in [1.82, 2.24) is 10.2 Å². The van der Waals surface area contributed by atoms with Gasteiger partial charge in [-0.3, -0.25) is 9.59 Å². The van der Waals surface area contributed by atoms with Crippen LogP contribution >= 0.6 is 0 Å². The highest BCUT2D eigenvalue weighted by molar-refractivity contribution is 7.91. The quantitative estimate of drug-likeness (QED) is 0.679. The maximum atomic E-state index is 12.7. The topological polar surface area (TPSA) is 83.6 Å². The molecule has 0 aromatic carbocycles. The van der Waals surface area contributed by atoms with Gasteiger partial charge in [-0.15, -0.1) is 0 Å². The van der Waals surface area contributed by atoms with Gasteiger partial charge in [-0.1, -0.05) is 11.6 Å². The third kappa shape index (κ3) is 4.67. The first kappa shape index (κ1) is 19.4. The molecule has 2 amide bonds. The van der Waals surface area contributed by atoms with Crippen LogP contribution in [0.5, 0.6) is 0 Å². The highest BCUT2D eigenvalue weighted by Gasteiger charge is 2.50. The predicted molar refractivity (Wildman–Crippen MR) is 100 cm³/mol. The van der Waals surface area contributed by atoms with Crippen molar-refractivity contribution in [1.29, 1.82) is 0 Å². The Hall–Kier alpha value is -1.37. The van der Waals surface area contributed by atoms with Crippen molar-refractivity contribution < 1.29 is 18.0 Å². The molecule has 0 bridgehead atoms. The smallest absolute Gasteiger partial charge is 0.226 e. The third-order valence-corrected chi connectivity index (χ3v) is 7.60. The second-order valence-corrected chi connectivity index (χ2v) is 10.0. The van der Waals surface area contributed by atoms with Crippen molar-refractivity contribution in [2.24, 2.45) is 11.8 Å². The largest absolute Gasteiger partial charge is 0.356 e. The fourth-order valence-electron chi connectivity index (χ4n) is 4.19. The summed E-state index contributed by atoms with van der Waals surface area (Å²) in [6, 6.07) is -0.222. The predicted octanol–water partition coefficient (Wildman–Crippen LogP) is 1.66. The minimum Gasteiger partial charge on any atom is -0.356 e. The molecule has 3 unspecified atom stereocenters. The highest BCUT2D eigenvalue weighted by Crippen LogP contribution is 2.41. The summed E-state index contributed by atoms with van der Waals surface area (Å²) in [6.45, 7) is 3.01. The van der Waals surface area contributed by atoms with Gasteiger partial charge in [0.1, 0.15) is 0 Å². The second-order valence-electron chi connectivity index (χ2n) is 7.78. The van der Waals surface area contributed by atoms with Gasteiger partial charge in [-0.2, -0.15) is 0 Å². The first-order chi connectivity index (χ1) is 12.4. The second kappa shape index (κ2) is 8.11. The molecule has 3 atom stereocenters. The number of hydrogen-bond acceptors (Lipinski definition) is 4. The monoisotopic (exact) mass is 382 g/mol. The molecule has 7 heteroatoms. The van der Waals surface area contributed by atoms with E-state index in [1.807, 2.05) is 6.92 Å². The number of carbonyl (C=O) groups excluding carboxylic acids is 2. The van der Waals surface area contributed by atoms with Crippen molar-refractivity contribution in [3.8, 4) is 0 Å². The lowest BCUT2D eigenvalue weighted by Gasteiger charge is -2.27. The van der Waals surface area contributed by atoms with Crippen LogP contribution in [-0.2, 0) is 19.4 Å². The Balaban J connectivity index is 1.45. The molecule has 146 valence electrons. The van der Waals surface area contributed by atoms with Crippen LogP contribution in [0, 0.1) is 11.8 Å². The van der Waals surface area contributed by atoms with Crippen LogP contribution in [0.4, 0.5) is 0 Å². The summed E-state index contributed by atoms with van der Waals surface area (Å²) in [5, 5.41) is 2.97. The SMILES string of the molecule is CCN(C(=O)C1CC1C(=O)NCCC1=CCCCC1)C1CCS(=O)(=O)C1. The molecule has 1 heterocycles. The van der Waals surface area contributed by atoms with Crippen LogP contribution < -0.4 is 5.32 Å². The van der Waals surface area contributed by atoms with Crippen LogP contribution in [-0.4, -0.2) is 55.8 Å². The fourth-order valence-corrected chi connectivity index (χ4v) is 5.93. The van der Waals surface area contributed by atoms with Crippen LogP contribution in [0.3, 0.4) is 0 Å². The molecule has 0 spiro atoms. The molecule has 1 saturated carbocycles. The lowest BCUT2D eigenvalue weighted by Crippen LogP contribution is -2.42. The van der Waals surface area contributed by atoms with Crippen LogP contribution in [0.15, 0.2) is 11.6 Å². The van der Waals surface area contributed by atoms with Gasteiger partial charge in [0.25, 0.3) is 0 Å². The molecule has 1 aliphatic heterocycles. The van der Waals surface area contributed by atoms with E-state index in [0.29, 0.717) is 25.9 Å². The van der Waals surface area contributed by atoms with Crippen molar-refractivity contribution in [3.63, 3.8) is 0 Å². The first-order valence-electron chi connectivity index (χ1n) is 9.88. The van der Waals surface area contributed by atoms with E-state index in [2.05, 4.69) is 11.4 Å². The van der Waals surface area contributed by atoms with E-state index in [-0.39, 0.29) is 41.2 Å². The van der Waals surface area contributed by atoms with E-state index in [4.69, 9.17) is 0 Å². The molecular formula is C19H30N2O4S.